The molecule has 5 heteroatoms. The highest BCUT2D eigenvalue weighted by atomic mass is 16.5. The van der Waals surface area contributed by atoms with E-state index in [2.05, 4.69) is 24.1 Å². The second-order valence-electron chi connectivity index (χ2n) is 5.75. The Morgan fingerprint density at radius 1 is 1.47 bits per heavy atom. The lowest BCUT2D eigenvalue weighted by Crippen LogP contribution is -2.54. The predicted molar refractivity (Wildman–Crippen MR) is 76.9 cm³/mol. The summed E-state index contributed by atoms with van der Waals surface area (Å²) in [4.78, 5) is 14.2. The Kier molecular flexibility index (Phi) is 7.34. The summed E-state index contributed by atoms with van der Waals surface area (Å²) in [5.74, 6) is 1.30. The standard InChI is InChI=1S/C14H29N3O2/c1-11-7-12(2)13(8-15)17(9-11)10-14(18)16-5-4-6-19-3/h11-13H,4-10,15H2,1-3H3,(H,16,18). The van der Waals surface area contributed by atoms with Gasteiger partial charge in [-0.2, -0.15) is 0 Å². The number of methoxy groups -OCH3 is 1. The normalized spacial score (nSPS) is 28.3. The molecule has 1 rings (SSSR count). The van der Waals surface area contributed by atoms with Crippen molar-refractivity contribution in [2.45, 2.75) is 32.7 Å². The van der Waals surface area contributed by atoms with Crippen molar-refractivity contribution in [1.82, 2.24) is 10.2 Å². The van der Waals surface area contributed by atoms with Crippen LogP contribution in [0, 0.1) is 11.8 Å². The Bertz CT molecular complexity index is 273. The van der Waals surface area contributed by atoms with Crippen LogP contribution in [0.25, 0.3) is 0 Å². The molecule has 3 unspecified atom stereocenters. The summed E-state index contributed by atoms with van der Waals surface area (Å²) in [6, 6.07) is 0.334. The summed E-state index contributed by atoms with van der Waals surface area (Å²) in [5.41, 5.74) is 5.86. The van der Waals surface area contributed by atoms with Crippen molar-refractivity contribution < 1.29 is 9.53 Å². The molecule has 5 nitrogen and oxygen atoms in total. The van der Waals surface area contributed by atoms with E-state index in [1.54, 1.807) is 7.11 Å². The van der Waals surface area contributed by atoms with Gasteiger partial charge < -0.3 is 15.8 Å². The van der Waals surface area contributed by atoms with Crippen LogP contribution in [0.4, 0.5) is 0 Å². The molecule has 0 spiro atoms. The molecule has 0 radical (unpaired) electrons. The Morgan fingerprint density at radius 3 is 2.84 bits per heavy atom. The zero-order valence-electron chi connectivity index (χ0n) is 12.5. The van der Waals surface area contributed by atoms with Crippen molar-refractivity contribution in [3.63, 3.8) is 0 Å². The van der Waals surface area contributed by atoms with Gasteiger partial charge in [0.15, 0.2) is 0 Å². The zero-order valence-corrected chi connectivity index (χ0v) is 12.5. The topological polar surface area (TPSA) is 67.6 Å². The quantitative estimate of drug-likeness (QED) is 0.660. The number of hydrogen-bond acceptors (Lipinski definition) is 4. The van der Waals surface area contributed by atoms with Crippen LogP contribution in [0.3, 0.4) is 0 Å². The fraction of sp³-hybridized carbons (Fsp3) is 0.929. The van der Waals surface area contributed by atoms with E-state index in [0.29, 0.717) is 44.1 Å². The van der Waals surface area contributed by atoms with E-state index in [0.717, 1.165) is 13.0 Å². The van der Waals surface area contributed by atoms with Gasteiger partial charge in [0.25, 0.3) is 0 Å². The molecule has 0 bridgehead atoms. The molecule has 1 heterocycles. The van der Waals surface area contributed by atoms with Crippen LogP contribution in [0.1, 0.15) is 26.7 Å². The third-order valence-electron chi connectivity index (χ3n) is 3.88. The van der Waals surface area contributed by atoms with Crippen LogP contribution in [-0.2, 0) is 9.53 Å². The number of rotatable bonds is 7. The Morgan fingerprint density at radius 2 is 2.21 bits per heavy atom. The molecule has 1 fully saturated rings. The lowest BCUT2D eigenvalue weighted by atomic mass is 9.85. The van der Waals surface area contributed by atoms with Gasteiger partial charge in [0.1, 0.15) is 0 Å². The number of carbonyl (C=O) groups is 1. The number of amides is 1. The number of nitrogens with two attached hydrogens (primary N) is 1. The average molecular weight is 271 g/mol. The number of likely N-dealkylation sites (tertiary alicyclic amines) is 1. The number of nitrogens with zero attached hydrogens (tertiary/aromatic N) is 1. The summed E-state index contributed by atoms with van der Waals surface area (Å²) in [6.45, 7) is 7.90. The first-order valence-electron chi connectivity index (χ1n) is 7.28. The lowest BCUT2D eigenvalue weighted by Gasteiger charge is -2.42. The SMILES string of the molecule is COCCCNC(=O)CN1CC(C)CC(C)C1CN. The highest BCUT2D eigenvalue weighted by molar-refractivity contribution is 5.78. The van der Waals surface area contributed by atoms with Gasteiger partial charge in [-0.25, -0.2) is 0 Å². The summed E-state index contributed by atoms with van der Waals surface area (Å²) in [7, 11) is 1.67. The first kappa shape index (κ1) is 16.4. The Labute approximate surface area is 116 Å². The van der Waals surface area contributed by atoms with Gasteiger partial charge in [-0.3, -0.25) is 9.69 Å². The van der Waals surface area contributed by atoms with E-state index in [9.17, 15) is 4.79 Å². The third kappa shape index (κ3) is 5.47. The highest BCUT2D eigenvalue weighted by Gasteiger charge is 2.31. The molecule has 3 N–H and O–H groups in total. The van der Waals surface area contributed by atoms with Crippen molar-refractivity contribution in [2.24, 2.45) is 17.6 Å². The fourth-order valence-electron chi connectivity index (χ4n) is 3.01. The summed E-state index contributed by atoms with van der Waals surface area (Å²) < 4.78 is 4.96. The fourth-order valence-corrected chi connectivity index (χ4v) is 3.01. The predicted octanol–water partition coefficient (Wildman–Crippen LogP) is 0.444. The number of hydrogen-bond donors (Lipinski definition) is 2. The summed E-state index contributed by atoms with van der Waals surface area (Å²) in [6.07, 6.45) is 2.06. The molecule has 1 saturated heterocycles. The van der Waals surface area contributed by atoms with Gasteiger partial charge in [-0.15, -0.1) is 0 Å². The van der Waals surface area contributed by atoms with Crippen molar-refractivity contribution in [3.8, 4) is 0 Å². The van der Waals surface area contributed by atoms with Gasteiger partial charge in [-0.1, -0.05) is 13.8 Å². The minimum Gasteiger partial charge on any atom is -0.385 e. The second-order valence-corrected chi connectivity index (χ2v) is 5.75. The summed E-state index contributed by atoms with van der Waals surface area (Å²) >= 11 is 0. The third-order valence-corrected chi connectivity index (χ3v) is 3.88. The molecule has 1 aliphatic heterocycles. The Balaban J connectivity index is 2.37. The minimum absolute atomic E-state index is 0.0934. The van der Waals surface area contributed by atoms with Gasteiger partial charge in [0, 0.05) is 39.4 Å². The van der Waals surface area contributed by atoms with E-state index in [1.165, 1.54) is 6.42 Å². The molecule has 3 atom stereocenters. The van der Waals surface area contributed by atoms with Crippen LogP contribution < -0.4 is 11.1 Å². The maximum Gasteiger partial charge on any atom is 0.234 e. The van der Waals surface area contributed by atoms with E-state index >= 15 is 0 Å². The van der Waals surface area contributed by atoms with Crippen LogP contribution >= 0.6 is 0 Å². The maximum atomic E-state index is 11.9. The van der Waals surface area contributed by atoms with E-state index in [1.807, 2.05) is 0 Å². The van der Waals surface area contributed by atoms with Crippen LogP contribution in [-0.4, -0.2) is 56.7 Å². The molecular weight excluding hydrogens is 242 g/mol. The smallest absolute Gasteiger partial charge is 0.234 e. The van der Waals surface area contributed by atoms with Crippen LogP contribution in [0.15, 0.2) is 0 Å². The Hall–Kier alpha value is -0.650. The number of carbonyl (C=O) groups excluding carboxylic acids is 1. The first-order chi connectivity index (χ1) is 9.08. The second kappa shape index (κ2) is 8.51. The molecule has 0 saturated carbocycles. The number of piperidine rings is 1. The molecular formula is C14H29N3O2. The zero-order chi connectivity index (χ0) is 14.3. The van der Waals surface area contributed by atoms with E-state index in [-0.39, 0.29) is 5.91 Å². The molecule has 0 aromatic heterocycles. The van der Waals surface area contributed by atoms with Gasteiger partial charge in [0.2, 0.25) is 5.91 Å². The van der Waals surface area contributed by atoms with E-state index < -0.39 is 0 Å². The van der Waals surface area contributed by atoms with Crippen LogP contribution in [0.5, 0.6) is 0 Å². The maximum absolute atomic E-state index is 11.9. The minimum atomic E-state index is 0.0934. The van der Waals surface area contributed by atoms with Gasteiger partial charge in [-0.05, 0) is 24.7 Å². The highest BCUT2D eigenvalue weighted by Crippen LogP contribution is 2.26. The molecule has 1 aliphatic rings. The van der Waals surface area contributed by atoms with Crippen molar-refractivity contribution >= 4 is 5.91 Å². The molecule has 19 heavy (non-hydrogen) atoms. The van der Waals surface area contributed by atoms with Gasteiger partial charge >= 0.3 is 0 Å². The lowest BCUT2D eigenvalue weighted by molar-refractivity contribution is -0.123. The van der Waals surface area contributed by atoms with Crippen molar-refractivity contribution in [3.05, 3.63) is 0 Å². The molecule has 0 aromatic carbocycles. The summed E-state index contributed by atoms with van der Waals surface area (Å²) in [5, 5.41) is 2.94. The molecule has 112 valence electrons. The molecule has 0 aromatic rings. The molecule has 0 aliphatic carbocycles. The molecule has 1 amide bonds. The van der Waals surface area contributed by atoms with Crippen LogP contribution in [0.2, 0.25) is 0 Å². The number of nitrogens with one attached hydrogen (secondary N) is 1. The first-order valence-corrected chi connectivity index (χ1v) is 7.28. The van der Waals surface area contributed by atoms with E-state index in [4.69, 9.17) is 10.5 Å². The average Bonchev–Trinajstić information content (AvgIpc) is 2.34. The largest absolute Gasteiger partial charge is 0.385 e. The van der Waals surface area contributed by atoms with Gasteiger partial charge in [0.05, 0.1) is 6.54 Å². The van der Waals surface area contributed by atoms with Crippen molar-refractivity contribution in [2.75, 3.05) is 39.9 Å². The monoisotopic (exact) mass is 271 g/mol. The van der Waals surface area contributed by atoms with Crippen molar-refractivity contribution in [1.29, 1.82) is 0 Å². The number of ether oxygens (including phenoxy) is 1.